The number of amides is 2. The molecule has 35 heavy (non-hydrogen) atoms. The summed E-state index contributed by atoms with van der Waals surface area (Å²) in [5, 5.41) is 7.90. The molecule has 0 saturated heterocycles. The Labute approximate surface area is 204 Å². The van der Waals surface area contributed by atoms with E-state index in [-0.39, 0.29) is 11.6 Å². The number of anilines is 1. The minimum absolute atomic E-state index is 0.0894. The van der Waals surface area contributed by atoms with Crippen LogP contribution in [0.3, 0.4) is 0 Å². The van der Waals surface area contributed by atoms with Gasteiger partial charge in [0.2, 0.25) is 0 Å². The molecule has 1 heterocycles. The van der Waals surface area contributed by atoms with Gasteiger partial charge in [-0.3, -0.25) is 9.59 Å². The molecule has 0 aliphatic heterocycles. The van der Waals surface area contributed by atoms with Gasteiger partial charge in [0.25, 0.3) is 11.8 Å². The molecular weight excluding hydrogens is 438 g/mol. The molecule has 0 atom stereocenters. The number of aryl methyl sites for hydroxylation is 1. The van der Waals surface area contributed by atoms with Crippen LogP contribution in [0.25, 0.3) is 17.0 Å². The van der Waals surface area contributed by atoms with Gasteiger partial charge in [0.1, 0.15) is 5.70 Å². The lowest BCUT2D eigenvalue weighted by molar-refractivity contribution is -0.117. The number of aromatic nitrogens is 1. The second-order valence-electron chi connectivity index (χ2n) is 8.28. The number of carbonyl (C=O) groups excluding carboxylic acids is 2. The van der Waals surface area contributed by atoms with Gasteiger partial charge in [-0.2, -0.15) is 5.10 Å². The van der Waals surface area contributed by atoms with Gasteiger partial charge in [-0.25, -0.2) is 5.43 Å². The molecule has 0 bridgehead atoms. The number of rotatable bonds is 7. The predicted molar refractivity (Wildman–Crippen MR) is 141 cm³/mol. The molecule has 4 rings (SSSR count). The smallest absolute Gasteiger partial charge is 0.287 e. The molecule has 7 heteroatoms. The lowest BCUT2D eigenvalue weighted by atomic mass is 10.1. The normalized spacial score (nSPS) is 11.6. The number of hydrogen-bond acceptors (Lipinski definition) is 4. The van der Waals surface area contributed by atoms with Crippen molar-refractivity contribution in [2.45, 2.75) is 0 Å². The molecule has 0 unspecified atom stereocenters. The number of fused-ring (bicyclic) bond motifs is 1. The minimum atomic E-state index is -0.526. The van der Waals surface area contributed by atoms with Crippen molar-refractivity contribution in [1.29, 1.82) is 0 Å². The van der Waals surface area contributed by atoms with Crippen molar-refractivity contribution in [1.82, 2.24) is 15.3 Å². The molecular formula is C28H27N5O2. The Morgan fingerprint density at radius 2 is 1.60 bits per heavy atom. The van der Waals surface area contributed by atoms with Crippen molar-refractivity contribution in [3.63, 3.8) is 0 Å². The van der Waals surface area contributed by atoms with Crippen LogP contribution in [0.1, 0.15) is 21.5 Å². The summed E-state index contributed by atoms with van der Waals surface area (Å²) >= 11 is 0. The van der Waals surface area contributed by atoms with Crippen molar-refractivity contribution < 1.29 is 9.59 Å². The Balaban J connectivity index is 1.57. The molecule has 2 N–H and O–H groups in total. The fourth-order valence-electron chi connectivity index (χ4n) is 3.67. The predicted octanol–water partition coefficient (Wildman–Crippen LogP) is 4.17. The van der Waals surface area contributed by atoms with Gasteiger partial charge in [0.05, 0.1) is 6.21 Å². The Morgan fingerprint density at radius 3 is 2.31 bits per heavy atom. The third kappa shape index (κ3) is 5.65. The highest BCUT2D eigenvalue weighted by Gasteiger charge is 2.14. The first-order valence-corrected chi connectivity index (χ1v) is 11.2. The zero-order chi connectivity index (χ0) is 24.8. The maximum Gasteiger partial charge on any atom is 0.287 e. The first-order chi connectivity index (χ1) is 16.9. The standard InChI is InChI=1S/C28H27N5O2/c1-32(2)23-15-13-20(14-16-23)17-25(30-27(34)21-9-5-4-6-10-21)28(35)31-29-18-22-19-33(3)26-12-8-7-11-24(22)26/h4-19H,1-3H3,(H,30,34)(H,31,35)/b25-17+,29-18+. The number of hydrazone groups is 1. The lowest BCUT2D eigenvalue weighted by Crippen LogP contribution is -2.32. The Bertz CT molecular complexity index is 1400. The van der Waals surface area contributed by atoms with E-state index in [1.807, 2.05) is 91.4 Å². The molecule has 0 radical (unpaired) electrons. The van der Waals surface area contributed by atoms with Gasteiger partial charge >= 0.3 is 0 Å². The van der Waals surface area contributed by atoms with E-state index in [4.69, 9.17) is 0 Å². The minimum Gasteiger partial charge on any atom is -0.378 e. The largest absolute Gasteiger partial charge is 0.378 e. The topological polar surface area (TPSA) is 78.7 Å². The highest BCUT2D eigenvalue weighted by molar-refractivity contribution is 6.06. The van der Waals surface area contributed by atoms with Gasteiger partial charge in [0.15, 0.2) is 0 Å². The number of para-hydroxylation sites is 1. The molecule has 7 nitrogen and oxygen atoms in total. The molecule has 3 aromatic carbocycles. The van der Waals surface area contributed by atoms with E-state index in [9.17, 15) is 9.59 Å². The first-order valence-electron chi connectivity index (χ1n) is 11.2. The first kappa shape index (κ1) is 23.5. The monoisotopic (exact) mass is 465 g/mol. The van der Waals surface area contributed by atoms with E-state index >= 15 is 0 Å². The summed E-state index contributed by atoms with van der Waals surface area (Å²) < 4.78 is 2.00. The van der Waals surface area contributed by atoms with Crippen molar-refractivity contribution in [2.75, 3.05) is 19.0 Å². The zero-order valence-corrected chi connectivity index (χ0v) is 19.9. The fourth-order valence-corrected chi connectivity index (χ4v) is 3.67. The molecule has 0 saturated carbocycles. The molecule has 0 fully saturated rings. The van der Waals surface area contributed by atoms with Crippen LogP contribution in [0.2, 0.25) is 0 Å². The average Bonchev–Trinajstić information content (AvgIpc) is 3.20. The van der Waals surface area contributed by atoms with Crippen LogP contribution in [0.15, 0.2) is 95.9 Å². The highest BCUT2D eigenvalue weighted by atomic mass is 16.2. The Morgan fingerprint density at radius 1 is 0.914 bits per heavy atom. The van der Waals surface area contributed by atoms with Crippen LogP contribution in [-0.4, -0.2) is 36.7 Å². The number of benzene rings is 3. The van der Waals surface area contributed by atoms with Crippen molar-refractivity contribution in [3.8, 4) is 0 Å². The van der Waals surface area contributed by atoms with E-state index in [1.54, 1.807) is 36.6 Å². The van der Waals surface area contributed by atoms with Crippen molar-refractivity contribution in [3.05, 3.63) is 107 Å². The van der Waals surface area contributed by atoms with Crippen LogP contribution in [-0.2, 0) is 11.8 Å². The van der Waals surface area contributed by atoms with Crippen LogP contribution < -0.4 is 15.6 Å². The summed E-state index contributed by atoms with van der Waals surface area (Å²) in [6, 6.07) is 24.4. The van der Waals surface area contributed by atoms with E-state index in [0.29, 0.717) is 5.56 Å². The zero-order valence-electron chi connectivity index (χ0n) is 19.9. The summed E-state index contributed by atoms with van der Waals surface area (Å²) in [7, 11) is 5.87. The maximum absolute atomic E-state index is 13.0. The van der Waals surface area contributed by atoms with Gasteiger partial charge < -0.3 is 14.8 Å². The summed E-state index contributed by atoms with van der Waals surface area (Å²) in [6.45, 7) is 0. The molecule has 0 aliphatic carbocycles. The average molecular weight is 466 g/mol. The third-order valence-electron chi connectivity index (χ3n) is 5.55. The number of nitrogens with zero attached hydrogens (tertiary/aromatic N) is 3. The molecule has 0 spiro atoms. The molecule has 1 aromatic heterocycles. The maximum atomic E-state index is 13.0. The summed E-state index contributed by atoms with van der Waals surface area (Å²) in [5.74, 6) is -0.905. The molecule has 176 valence electrons. The van der Waals surface area contributed by atoms with Gasteiger partial charge in [-0.15, -0.1) is 0 Å². The quantitative estimate of drug-likeness (QED) is 0.244. The van der Waals surface area contributed by atoms with E-state index < -0.39 is 5.91 Å². The van der Waals surface area contributed by atoms with Gasteiger partial charge in [0, 0.05) is 55.1 Å². The van der Waals surface area contributed by atoms with Crippen molar-refractivity contribution >= 4 is 40.7 Å². The number of carbonyl (C=O) groups is 2. The summed E-state index contributed by atoms with van der Waals surface area (Å²) in [5.41, 5.74) is 6.83. The third-order valence-corrected chi connectivity index (χ3v) is 5.55. The number of nitrogens with one attached hydrogen (secondary N) is 2. The van der Waals surface area contributed by atoms with Crippen LogP contribution in [0.5, 0.6) is 0 Å². The van der Waals surface area contributed by atoms with E-state index in [1.165, 1.54) is 0 Å². The van der Waals surface area contributed by atoms with Crippen LogP contribution in [0, 0.1) is 0 Å². The lowest BCUT2D eigenvalue weighted by Gasteiger charge is -2.12. The Hall–Kier alpha value is -4.65. The van der Waals surface area contributed by atoms with Crippen LogP contribution >= 0.6 is 0 Å². The van der Waals surface area contributed by atoms with E-state index in [0.717, 1.165) is 27.7 Å². The molecule has 2 amide bonds. The summed E-state index contributed by atoms with van der Waals surface area (Å²) in [6.07, 6.45) is 5.17. The molecule has 0 aliphatic rings. The number of hydrogen-bond donors (Lipinski definition) is 2. The van der Waals surface area contributed by atoms with Crippen LogP contribution in [0.4, 0.5) is 5.69 Å². The summed E-state index contributed by atoms with van der Waals surface area (Å²) in [4.78, 5) is 27.8. The second-order valence-corrected chi connectivity index (χ2v) is 8.28. The Kier molecular flexibility index (Phi) is 7.07. The van der Waals surface area contributed by atoms with E-state index in [2.05, 4.69) is 15.8 Å². The molecule has 4 aromatic rings. The fraction of sp³-hybridized carbons (Fsp3) is 0.107. The van der Waals surface area contributed by atoms with Gasteiger partial charge in [-0.05, 0) is 42.0 Å². The SMILES string of the molecule is CN(C)c1ccc(/C=C(/NC(=O)c2ccccc2)C(=O)N/N=C/c2cn(C)c3ccccc23)cc1. The highest BCUT2D eigenvalue weighted by Crippen LogP contribution is 2.18. The van der Waals surface area contributed by atoms with Gasteiger partial charge in [-0.1, -0.05) is 48.5 Å². The van der Waals surface area contributed by atoms with Crippen molar-refractivity contribution in [2.24, 2.45) is 12.1 Å². The second kappa shape index (κ2) is 10.5.